The summed E-state index contributed by atoms with van der Waals surface area (Å²) in [6.45, 7) is 0. The Bertz CT molecular complexity index is 362. The van der Waals surface area contributed by atoms with Gasteiger partial charge in [0.2, 0.25) is 0 Å². The topological polar surface area (TPSA) is 64.9 Å². The minimum absolute atomic E-state index is 0.0557. The summed E-state index contributed by atoms with van der Waals surface area (Å²) in [4.78, 5) is 3.29. The molecule has 2 N–H and O–H groups in total. The van der Waals surface area contributed by atoms with Gasteiger partial charge in [-0.3, -0.25) is 0 Å². The van der Waals surface area contributed by atoms with Crippen LogP contribution < -0.4 is 5.73 Å². The Morgan fingerprint density at radius 2 is 2.25 bits per heavy atom. The average Bonchev–Trinajstić information content (AvgIpc) is 2.87. The first-order valence-corrected chi connectivity index (χ1v) is 5.88. The number of rotatable bonds is 2. The second-order valence-electron chi connectivity index (χ2n) is 3.60. The molecular weight excluding hydrogens is 243 g/mol. The van der Waals surface area contributed by atoms with E-state index in [-0.39, 0.29) is 11.7 Å². The van der Waals surface area contributed by atoms with Crippen molar-refractivity contribution in [1.82, 2.24) is 10.1 Å². The van der Waals surface area contributed by atoms with Crippen LogP contribution in [-0.2, 0) is 6.18 Å². The number of hydrogen-bond acceptors (Lipinski definition) is 5. The predicted octanol–water partition coefficient (Wildman–Crippen LogP) is 1.84. The quantitative estimate of drug-likeness (QED) is 0.871. The molecule has 0 radical (unpaired) electrons. The molecule has 2 heterocycles. The van der Waals surface area contributed by atoms with Crippen molar-refractivity contribution in [2.75, 3.05) is 11.5 Å². The van der Waals surface area contributed by atoms with Crippen molar-refractivity contribution in [1.29, 1.82) is 0 Å². The summed E-state index contributed by atoms with van der Waals surface area (Å²) < 4.78 is 40.7. The smallest absolute Gasteiger partial charge is 0.329 e. The molecule has 0 bridgehead atoms. The molecule has 0 aromatic carbocycles. The van der Waals surface area contributed by atoms with E-state index in [0.717, 1.165) is 17.9 Å². The number of aromatic nitrogens is 2. The molecule has 8 heteroatoms. The van der Waals surface area contributed by atoms with Gasteiger partial charge in [0.05, 0.1) is 6.04 Å². The summed E-state index contributed by atoms with van der Waals surface area (Å²) >= 11 is 1.73. The molecule has 2 atom stereocenters. The van der Waals surface area contributed by atoms with E-state index in [4.69, 9.17) is 5.73 Å². The highest BCUT2D eigenvalue weighted by Crippen LogP contribution is 2.33. The first-order valence-electron chi connectivity index (χ1n) is 4.72. The van der Waals surface area contributed by atoms with Gasteiger partial charge in [-0.2, -0.15) is 29.9 Å². The second-order valence-corrected chi connectivity index (χ2v) is 4.75. The fourth-order valence-corrected chi connectivity index (χ4v) is 2.85. The van der Waals surface area contributed by atoms with Gasteiger partial charge < -0.3 is 10.3 Å². The van der Waals surface area contributed by atoms with Crippen molar-refractivity contribution in [3.8, 4) is 0 Å². The summed E-state index contributed by atoms with van der Waals surface area (Å²) in [6, 6.07) is -0.574. The first-order chi connectivity index (χ1) is 7.48. The van der Waals surface area contributed by atoms with E-state index in [9.17, 15) is 13.2 Å². The van der Waals surface area contributed by atoms with E-state index < -0.39 is 18.1 Å². The summed E-state index contributed by atoms with van der Waals surface area (Å²) in [7, 11) is 0. The fourth-order valence-electron chi connectivity index (χ4n) is 1.53. The molecule has 1 aliphatic heterocycles. The van der Waals surface area contributed by atoms with Gasteiger partial charge >= 0.3 is 12.1 Å². The molecule has 1 aliphatic rings. The van der Waals surface area contributed by atoms with Crippen LogP contribution in [0.15, 0.2) is 4.52 Å². The Kier molecular flexibility index (Phi) is 3.11. The highest BCUT2D eigenvalue weighted by molar-refractivity contribution is 7.99. The summed E-state index contributed by atoms with van der Waals surface area (Å²) in [6.07, 6.45) is -3.73. The van der Waals surface area contributed by atoms with Gasteiger partial charge in [-0.1, -0.05) is 5.16 Å². The van der Waals surface area contributed by atoms with Crippen molar-refractivity contribution in [3.05, 3.63) is 11.7 Å². The lowest BCUT2D eigenvalue weighted by atomic mass is 10.00. The average molecular weight is 253 g/mol. The Hall–Kier alpha value is -0.760. The normalized spacial score (nSPS) is 23.6. The molecule has 1 saturated heterocycles. The third kappa shape index (κ3) is 2.32. The van der Waals surface area contributed by atoms with Crippen LogP contribution in [0.3, 0.4) is 0 Å². The van der Waals surface area contributed by atoms with Crippen molar-refractivity contribution in [2.24, 2.45) is 11.7 Å². The van der Waals surface area contributed by atoms with E-state index in [2.05, 4.69) is 14.7 Å². The maximum atomic E-state index is 12.2. The highest BCUT2D eigenvalue weighted by Gasteiger charge is 2.39. The van der Waals surface area contributed by atoms with Gasteiger partial charge in [-0.15, -0.1) is 0 Å². The molecule has 1 fully saturated rings. The summed E-state index contributed by atoms with van der Waals surface area (Å²) in [5.41, 5.74) is 5.79. The third-order valence-corrected chi connectivity index (χ3v) is 3.64. The van der Waals surface area contributed by atoms with Crippen LogP contribution in [0.1, 0.15) is 24.2 Å². The minimum atomic E-state index is -4.60. The molecule has 0 spiro atoms. The monoisotopic (exact) mass is 253 g/mol. The number of nitrogens with two attached hydrogens (primary N) is 1. The number of alkyl halides is 3. The number of nitrogens with zero attached hydrogens (tertiary/aromatic N) is 2. The van der Waals surface area contributed by atoms with Gasteiger partial charge in [0.1, 0.15) is 0 Å². The molecule has 0 aliphatic carbocycles. The van der Waals surface area contributed by atoms with Crippen LogP contribution in [0, 0.1) is 5.92 Å². The molecular formula is C8H10F3N3OS. The maximum Gasteiger partial charge on any atom is 0.471 e. The van der Waals surface area contributed by atoms with Gasteiger partial charge in [0.15, 0.2) is 5.82 Å². The van der Waals surface area contributed by atoms with Gasteiger partial charge in [0.25, 0.3) is 0 Å². The summed E-state index contributed by atoms with van der Waals surface area (Å²) in [5, 5.41) is 3.29. The van der Waals surface area contributed by atoms with E-state index in [1.165, 1.54) is 0 Å². The van der Waals surface area contributed by atoms with Crippen molar-refractivity contribution < 1.29 is 17.7 Å². The Labute approximate surface area is 93.8 Å². The highest BCUT2D eigenvalue weighted by atomic mass is 32.2. The molecule has 4 nitrogen and oxygen atoms in total. The molecule has 0 amide bonds. The SMILES string of the molecule is NC(c1noc(C(F)(F)F)n1)C1CCSC1. The zero-order valence-electron chi connectivity index (χ0n) is 8.20. The number of hydrogen-bond donors (Lipinski definition) is 1. The molecule has 0 saturated carbocycles. The van der Waals surface area contributed by atoms with Gasteiger partial charge in [0, 0.05) is 0 Å². The first kappa shape index (κ1) is 11.7. The summed E-state index contributed by atoms with van der Waals surface area (Å²) in [5.74, 6) is 0.548. The Morgan fingerprint density at radius 3 is 2.75 bits per heavy atom. The van der Waals surface area contributed by atoms with Crippen LogP contribution in [0.5, 0.6) is 0 Å². The van der Waals surface area contributed by atoms with Crippen LogP contribution >= 0.6 is 11.8 Å². The van der Waals surface area contributed by atoms with Crippen LogP contribution in [-0.4, -0.2) is 21.6 Å². The zero-order chi connectivity index (χ0) is 11.8. The Balaban J connectivity index is 2.12. The van der Waals surface area contributed by atoms with Crippen LogP contribution in [0.25, 0.3) is 0 Å². The molecule has 1 aromatic rings. The fraction of sp³-hybridized carbons (Fsp3) is 0.750. The lowest BCUT2D eigenvalue weighted by molar-refractivity contribution is -0.159. The van der Waals surface area contributed by atoms with E-state index >= 15 is 0 Å². The maximum absolute atomic E-state index is 12.2. The molecule has 90 valence electrons. The van der Waals surface area contributed by atoms with Crippen LogP contribution in [0.2, 0.25) is 0 Å². The van der Waals surface area contributed by atoms with Gasteiger partial charge in [-0.25, -0.2) is 0 Å². The molecule has 1 aromatic heterocycles. The number of halogens is 3. The second kappa shape index (κ2) is 4.25. The zero-order valence-corrected chi connectivity index (χ0v) is 9.01. The molecule has 2 unspecified atom stereocenters. The van der Waals surface area contributed by atoms with Crippen LogP contribution in [0.4, 0.5) is 13.2 Å². The van der Waals surface area contributed by atoms with Gasteiger partial charge in [-0.05, 0) is 23.8 Å². The van der Waals surface area contributed by atoms with E-state index in [0.29, 0.717) is 0 Å². The van der Waals surface area contributed by atoms with E-state index in [1.54, 1.807) is 11.8 Å². The lowest BCUT2D eigenvalue weighted by Gasteiger charge is -2.13. The van der Waals surface area contributed by atoms with Crippen molar-refractivity contribution in [2.45, 2.75) is 18.6 Å². The molecule has 2 rings (SSSR count). The third-order valence-electron chi connectivity index (χ3n) is 2.46. The van der Waals surface area contributed by atoms with Crippen molar-refractivity contribution in [3.63, 3.8) is 0 Å². The largest absolute Gasteiger partial charge is 0.471 e. The number of thioether (sulfide) groups is 1. The minimum Gasteiger partial charge on any atom is -0.329 e. The predicted molar refractivity (Wildman–Crippen MR) is 51.7 cm³/mol. The van der Waals surface area contributed by atoms with E-state index in [1.807, 2.05) is 0 Å². The van der Waals surface area contributed by atoms with Crippen molar-refractivity contribution >= 4 is 11.8 Å². The molecule has 16 heavy (non-hydrogen) atoms. The Morgan fingerprint density at radius 1 is 1.50 bits per heavy atom. The standard InChI is InChI=1S/C8H10F3N3OS/c9-8(10,11)7-13-6(14-15-7)5(12)4-1-2-16-3-4/h4-5H,1-3,12H2. The lowest BCUT2D eigenvalue weighted by Crippen LogP contribution is -2.22.